The predicted octanol–water partition coefficient (Wildman–Crippen LogP) is 3.83. The molecule has 0 heterocycles. The van der Waals surface area contributed by atoms with E-state index in [4.69, 9.17) is 4.74 Å². The Kier molecular flexibility index (Phi) is 5.91. The molecule has 0 radical (unpaired) electrons. The van der Waals surface area contributed by atoms with Crippen molar-refractivity contribution in [2.45, 2.75) is 13.5 Å². The van der Waals surface area contributed by atoms with Gasteiger partial charge < -0.3 is 14.9 Å². The topological polar surface area (TPSA) is 91.2 Å². The van der Waals surface area contributed by atoms with Crippen molar-refractivity contribution in [3.8, 4) is 17.2 Å². The van der Waals surface area contributed by atoms with E-state index < -0.39 is 5.91 Å². The highest BCUT2D eigenvalue weighted by atomic mass is 16.5. The number of aromatic hydroxyl groups is 2. The zero-order valence-corrected chi connectivity index (χ0v) is 15.3. The van der Waals surface area contributed by atoms with E-state index >= 15 is 0 Å². The molecule has 0 bridgehead atoms. The number of carbonyl (C=O) groups excluding carboxylic acids is 1. The zero-order chi connectivity index (χ0) is 19.9. The van der Waals surface area contributed by atoms with Gasteiger partial charge in [0.1, 0.15) is 23.9 Å². The fourth-order valence-corrected chi connectivity index (χ4v) is 2.52. The van der Waals surface area contributed by atoms with Crippen molar-refractivity contribution in [2.75, 3.05) is 0 Å². The number of ether oxygens (including phenoxy) is 1. The maximum atomic E-state index is 12.3. The highest BCUT2D eigenvalue weighted by Gasteiger charge is 2.08. The van der Waals surface area contributed by atoms with E-state index in [1.54, 1.807) is 31.2 Å². The smallest absolute Gasteiger partial charge is 0.271 e. The van der Waals surface area contributed by atoms with Gasteiger partial charge in [-0.3, -0.25) is 4.79 Å². The van der Waals surface area contributed by atoms with Crippen molar-refractivity contribution in [3.63, 3.8) is 0 Å². The van der Waals surface area contributed by atoms with E-state index in [2.05, 4.69) is 10.5 Å². The van der Waals surface area contributed by atoms with E-state index in [0.717, 1.165) is 5.56 Å². The summed E-state index contributed by atoms with van der Waals surface area (Å²) in [4.78, 5) is 12.3. The molecule has 6 nitrogen and oxygen atoms in total. The molecule has 3 aromatic rings. The van der Waals surface area contributed by atoms with Crippen LogP contribution < -0.4 is 10.2 Å². The van der Waals surface area contributed by atoms with E-state index in [9.17, 15) is 15.0 Å². The number of hydrogen-bond acceptors (Lipinski definition) is 5. The van der Waals surface area contributed by atoms with Crippen LogP contribution in [0.1, 0.15) is 28.4 Å². The molecule has 0 aliphatic heterocycles. The Morgan fingerprint density at radius 2 is 1.71 bits per heavy atom. The molecule has 0 saturated heterocycles. The first-order valence-electron chi connectivity index (χ1n) is 8.66. The van der Waals surface area contributed by atoms with Crippen LogP contribution in [0.4, 0.5) is 0 Å². The number of phenols is 2. The van der Waals surface area contributed by atoms with Crippen LogP contribution in [0.3, 0.4) is 0 Å². The second-order valence-corrected chi connectivity index (χ2v) is 6.14. The van der Waals surface area contributed by atoms with Gasteiger partial charge in [0, 0.05) is 11.1 Å². The summed E-state index contributed by atoms with van der Waals surface area (Å²) < 4.78 is 5.70. The molecule has 6 heteroatoms. The van der Waals surface area contributed by atoms with Crippen LogP contribution in [-0.2, 0) is 6.61 Å². The van der Waals surface area contributed by atoms with Gasteiger partial charge in [-0.05, 0) is 55.0 Å². The molecule has 142 valence electrons. The van der Waals surface area contributed by atoms with Gasteiger partial charge in [0.05, 0.1) is 5.71 Å². The molecule has 3 aromatic carbocycles. The Hall–Kier alpha value is -3.80. The van der Waals surface area contributed by atoms with Crippen LogP contribution in [0.25, 0.3) is 0 Å². The molecule has 0 aliphatic rings. The van der Waals surface area contributed by atoms with Crippen LogP contribution in [0, 0.1) is 0 Å². The van der Waals surface area contributed by atoms with Crippen molar-refractivity contribution >= 4 is 11.6 Å². The molecule has 0 spiro atoms. The Labute approximate surface area is 162 Å². The third-order valence-electron chi connectivity index (χ3n) is 4.06. The number of rotatable bonds is 6. The van der Waals surface area contributed by atoms with Crippen molar-refractivity contribution in [1.82, 2.24) is 5.43 Å². The number of carbonyl (C=O) groups is 1. The lowest BCUT2D eigenvalue weighted by atomic mass is 10.1. The lowest BCUT2D eigenvalue weighted by Gasteiger charge is -2.08. The Balaban J connectivity index is 1.60. The third-order valence-corrected chi connectivity index (χ3v) is 4.06. The van der Waals surface area contributed by atoms with E-state index in [-0.39, 0.29) is 11.5 Å². The lowest BCUT2D eigenvalue weighted by Crippen LogP contribution is -2.19. The van der Waals surface area contributed by atoms with Crippen LogP contribution in [0.2, 0.25) is 0 Å². The first-order valence-corrected chi connectivity index (χ1v) is 8.66. The summed E-state index contributed by atoms with van der Waals surface area (Å²) in [5.74, 6) is 0.228. The molecule has 0 fully saturated rings. The molecule has 0 aliphatic carbocycles. The number of amides is 1. The summed E-state index contributed by atoms with van der Waals surface area (Å²) >= 11 is 0. The molecule has 0 saturated carbocycles. The number of nitrogens with zero attached hydrogens (tertiary/aromatic N) is 1. The maximum absolute atomic E-state index is 12.3. The Morgan fingerprint density at radius 1 is 1.00 bits per heavy atom. The molecular weight excluding hydrogens is 356 g/mol. The maximum Gasteiger partial charge on any atom is 0.271 e. The second-order valence-electron chi connectivity index (χ2n) is 6.14. The molecule has 28 heavy (non-hydrogen) atoms. The first kappa shape index (κ1) is 19.0. The SMILES string of the molecule is C/C(=N/NC(=O)c1ccc(OCc2ccccc2)cc1)c1cc(O)ccc1O. The number of nitrogens with one attached hydrogen (secondary N) is 1. The highest BCUT2D eigenvalue weighted by Crippen LogP contribution is 2.22. The minimum Gasteiger partial charge on any atom is -0.508 e. The monoisotopic (exact) mass is 376 g/mol. The lowest BCUT2D eigenvalue weighted by molar-refractivity contribution is 0.0954. The van der Waals surface area contributed by atoms with Gasteiger partial charge in [-0.15, -0.1) is 0 Å². The zero-order valence-electron chi connectivity index (χ0n) is 15.3. The summed E-state index contributed by atoms with van der Waals surface area (Å²) in [7, 11) is 0. The van der Waals surface area contributed by atoms with Gasteiger partial charge in [-0.25, -0.2) is 5.43 Å². The standard InChI is InChI=1S/C22H20N2O4/c1-15(20-13-18(25)9-12-21(20)26)23-24-22(27)17-7-10-19(11-8-17)28-14-16-5-3-2-4-6-16/h2-13,25-26H,14H2,1H3,(H,24,27)/b23-15-. The van der Waals surface area contributed by atoms with Crippen LogP contribution in [0.5, 0.6) is 17.2 Å². The van der Waals surface area contributed by atoms with Gasteiger partial charge in [0.15, 0.2) is 0 Å². The molecule has 3 rings (SSSR count). The summed E-state index contributed by atoms with van der Waals surface area (Å²) in [6.07, 6.45) is 0. The average molecular weight is 376 g/mol. The second kappa shape index (κ2) is 8.73. The van der Waals surface area contributed by atoms with Gasteiger partial charge in [-0.2, -0.15) is 5.10 Å². The van der Waals surface area contributed by atoms with Gasteiger partial charge in [0.2, 0.25) is 0 Å². The fraction of sp³-hybridized carbons (Fsp3) is 0.0909. The largest absolute Gasteiger partial charge is 0.508 e. The van der Waals surface area contributed by atoms with E-state index in [0.29, 0.717) is 29.2 Å². The van der Waals surface area contributed by atoms with Gasteiger partial charge in [0.25, 0.3) is 5.91 Å². The summed E-state index contributed by atoms with van der Waals surface area (Å²) in [6.45, 7) is 2.07. The molecule has 3 N–H and O–H groups in total. The van der Waals surface area contributed by atoms with Crippen molar-refractivity contribution in [3.05, 3.63) is 89.5 Å². The number of hydrogen-bond donors (Lipinski definition) is 3. The molecular formula is C22H20N2O4. The molecule has 0 aromatic heterocycles. The number of benzene rings is 3. The van der Waals surface area contributed by atoms with Crippen LogP contribution in [0.15, 0.2) is 77.9 Å². The van der Waals surface area contributed by atoms with Gasteiger partial charge in [-0.1, -0.05) is 30.3 Å². The van der Waals surface area contributed by atoms with Crippen molar-refractivity contribution in [1.29, 1.82) is 0 Å². The van der Waals surface area contributed by atoms with Crippen molar-refractivity contribution < 1.29 is 19.7 Å². The summed E-state index contributed by atoms with van der Waals surface area (Å²) in [5.41, 5.74) is 4.62. The highest BCUT2D eigenvalue weighted by molar-refractivity contribution is 6.02. The summed E-state index contributed by atoms with van der Waals surface area (Å²) in [6, 6.07) is 20.6. The quantitative estimate of drug-likeness (QED) is 0.346. The normalized spacial score (nSPS) is 11.1. The number of hydrazone groups is 1. The van der Waals surface area contributed by atoms with E-state index in [1.165, 1.54) is 18.2 Å². The minimum absolute atomic E-state index is 0.000215. The molecule has 1 amide bonds. The third kappa shape index (κ3) is 4.88. The summed E-state index contributed by atoms with van der Waals surface area (Å²) in [5, 5.41) is 23.3. The van der Waals surface area contributed by atoms with Crippen LogP contribution >= 0.6 is 0 Å². The first-order chi connectivity index (χ1) is 13.5. The van der Waals surface area contributed by atoms with E-state index in [1.807, 2.05) is 30.3 Å². The van der Waals surface area contributed by atoms with Crippen LogP contribution in [-0.4, -0.2) is 21.8 Å². The van der Waals surface area contributed by atoms with Gasteiger partial charge >= 0.3 is 0 Å². The number of phenolic OH excluding ortho intramolecular Hbond substituents is 2. The fourth-order valence-electron chi connectivity index (χ4n) is 2.52. The Bertz CT molecular complexity index is 983. The molecule has 0 atom stereocenters. The van der Waals surface area contributed by atoms with Crippen molar-refractivity contribution in [2.24, 2.45) is 5.10 Å². The predicted molar refractivity (Wildman–Crippen MR) is 107 cm³/mol. The average Bonchev–Trinajstić information content (AvgIpc) is 2.73. The molecule has 0 unspecified atom stereocenters. The Morgan fingerprint density at radius 3 is 2.43 bits per heavy atom. The minimum atomic E-state index is -0.395.